The van der Waals surface area contributed by atoms with Crippen LogP contribution in [0, 0.1) is 0 Å². The molecule has 0 heterocycles. The summed E-state index contributed by atoms with van der Waals surface area (Å²) < 4.78 is 4.25. The number of hydrogen-bond acceptors (Lipinski definition) is 5. The largest absolute Gasteiger partial charge is 0.480 e. The van der Waals surface area contributed by atoms with Crippen LogP contribution in [-0.4, -0.2) is 48.7 Å². The second kappa shape index (κ2) is 7.04. The quantitative estimate of drug-likeness (QED) is 0.391. The predicted octanol–water partition coefficient (Wildman–Crippen LogP) is -2.21. The van der Waals surface area contributed by atoms with Crippen molar-refractivity contribution in [3.8, 4) is 0 Å². The minimum Gasteiger partial charge on any atom is -0.480 e. The number of urea groups is 1. The number of nitrogens with one attached hydrogen (secondary N) is 2. The molecule has 0 aromatic rings. The first kappa shape index (κ1) is 14.7. The van der Waals surface area contributed by atoms with E-state index in [1.807, 2.05) is 5.32 Å². The van der Waals surface area contributed by atoms with E-state index in [-0.39, 0.29) is 0 Å². The van der Waals surface area contributed by atoms with E-state index in [4.69, 9.17) is 10.8 Å². The fourth-order valence-corrected chi connectivity index (χ4v) is 0.835. The number of primary amides is 1. The third kappa shape index (κ3) is 6.71. The van der Waals surface area contributed by atoms with Gasteiger partial charge in [-0.05, 0) is 0 Å². The molecule has 3 amide bonds. The Morgan fingerprint density at radius 3 is 2.35 bits per heavy atom. The lowest BCUT2D eigenvalue weighted by Crippen LogP contribution is -2.48. The fraction of sp³-hybridized carbons (Fsp3) is 0.500. The first-order valence-corrected chi connectivity index (χ1v) is 4.49. The van der Waals surface area contributed by atoms with Gasteiger partial charge in [0.1, 0.15) is 12.6 Å². The van der Waals surface area contributed by atoms with E-state index >= 15 is 0 Å². The summed E-state index contributed by atoms with van der Waals surface area (Å²) in [6.45, 7) is -0.411. The number of hydrogen-bond donors (Lipinski definition) is 4. The van der Waals surface area contributed by atoms with E-state index in [2.05, 4.69) is 10.1 Å². The number of nitrogens with two attached hydrogens (primary N) is 1. The molecule has 1 atom stereocenters. The zero-order valence-corrected chi connectivity index (χ0v) is 9.06. The summed E-state index contributed by atoms with van der Waals surface area (Å²) in [5, 5.41) is 12.7. The Bertz CT molecular complexity index is 329. The molecule has 0 saturated heterocycles. The zero-order valence-electron chi connectivity index (χ0n) is 9.06. The standard InChI is InChI=1S/C8H13N3O6/c1-17-6(13)3-10-8(16)11-4(7(14)15)2-5(9)12/h4H,2-3H2,1H3,(H2,9,12)(H,14,15)(H2,10,11,16)/t4-/m0/s1. The summed E-state index contributed by atoms with van der Waals surface area (Å²) in [6, 6.07) is -2.35. The summed E-state index contributed by atoms with van der Waals surface area (Å²) in [7, 11) is 1.13. The molecule has 9 heteroatoms. The molecule has 0 aromatic carbocycles. The highest BCUT2D eigenvalue weighted by Gasteiger charge is 2.22. The average molecular weight is 247 g/mol. The smallest absolute Gasteiger partial charge is 0.326 e. The van der Waals surface area contributed by atoms with Gasteiger partial charge in [-0.3, -0.25) is 9.59 Å². The monoisotopic (exact) mass is 247 g/mol. The summed E-state index contributed by atoms with van der Waals surface area (Å²) in [4.78, 5) is 42.9. The maximum absolute atomic E-state index is 11.1. The first-order chi connectivity index (χ1) is 7.86. The molecule has 0 unspecified atom stereocenters. The van der Waals surface area contributed by atoms with Crippen molar-refractivity contribution in [2.75, 3.05) is 13.7 Å². The molecule has 0 saturated carbocycles. The van der Waals surface area contributed by atoms with Gasteiger partial charge in [-0.2, -0.15) is 0 Å². The summed E-state index contributed by atoms with van der Waals surface area (Å²) in [6.07, 6.45) is -0.541. The minimum atomic E-state index is -1.44. The average Bonchev–Trinajstić information content (AvgIpc) is 2.24. The Balaban J connectivity index is 4.17. The van der Waals surface area contributed by atoms with Crippen LogP contribution < -0.4 is 16.4 Å². The highest BCUT2D eigenvalue weighted by atomic mass is 16.5. The Morgan fingerprint density at radius 2 is 1.94 bits per heavy atom. The van der Waals surface area contributed by atoms with E-state index in [0.29, 0.717) is 0 Å². The molecule has 96 valence electrons. The lowest BCUT2D eigenvalue weighted by Gasteiger charge is -2.12. The van der Waals surface area contributed by atoms with Crippen LogP contribution in [0.3, 0.4) is 0 Å². The topological polar surface area (TPSA) is 148 Å². The van der Waals surface area contributed by atoms with Crippen molar-refractivity contribution in [3.63, 3.8) is 0 Å². The number of amides is 3. The number of aliphatic carboxylic acids is 1. The van der Waals surface area contributed by atoms with Crippen LogP contribution in [-0.2, 0) is 19.1 Å². The second-order valence-electron chi connectivity index (χ2n) is 2.96. The van der Waals surface area contributed by atoms with Gasteiger partial charge in [-0.15, -0.1) is 0 Å². The molecular weight excluding hydrogens is 234 g/mol. The lowest BCUT2D eigenvalue weighted by atomic mass is 10.2. The van der Waals surface area contributed by atoms with Crippen LogP contribution >= 0.6 is 0 Å². The molecule has 0 fully saturated rings. The number of carbonyl (C=O) groups is 4. The van der Waals surface area contributed by atoms with Crippen molar-refractivity contribution in [1.82, 2.24) is 10.6 Å². The third-order valence-electron chi connectivity index (χ3n) is 1.63. The molecule has 0 aromatic heterocycles. The van der Waals surface area contributed by atoms with Crippen molar-refractivity contribution in [2.24, 2.45) is 5.73 Å². The Labute approximate surface area is 96.3 Å². The van der Waals surface area contributed by atoms with Gasteiger partial charge >= 0.3 is 18.0 Å². The van der Waals surface area contributed by atoms with Gasteiger partial charge in [-0.25, -0.2) is 9.59 Å². The number of ether oxygens (including phenoxy) is 1. The SMILES string of the molecule is COC(=O)CNC(=O)N[C@@H](CC(N)=O)C(=O)O. The Hall–Kier alpha value is -2.32. The molecule has 0 rings (SSSR count). The van der Waals surface area contributed by atoms with Crippen molar-refractivity contribution < 1.29 is 29.0 Å². The predicted molar refractivity (Wildman–Crippen MR) is 53.8 cm³/mol. The number of rotatable bonds is 6. The fourth-order valence-electron chi connectivity index (χ4n) is 0.835. The van der Waals surface area contributed by atoms with Crippen LogP contribution in [0.1, 0.15) is 6.42 Å². The number of carbonyl (C=O) groups excluding carboxylic acids is 3. The van der Waals surface area contributed by atoms with Crippen molar-refractivity contribution in [1.29, 1.82) is 0 Å². The van der Waals surface area contributed by atoms with Gasteiger partial charge in [0.05, 0.1) is 13.5 Å². The van der Waals surface area contributed by atoms with E-state index in [9.17, 15) is 19.2 Å². The number of esters is 1. The molecule has 9 nitrogen and oxygen atoms in total. The summed E-state index contributed by atoms with van der Waals surface area (Å²) >= 11 is 0. The summed E-state index contributed by atoms with van der Waals surface area (Å²) in [5.41, 5.74) is 4.80. The highest BCUT2D eigenvalue weighted by molar-refractivity contribution is 5.88. The van der Waals surface area contributed by atoms with E-state index in [1.165, 1.54) is 0 Å². The highest BCUT2D eigenvalue weighted by Crippen LogP contribution is 1.91. The van der Waals surface area contributed by atoms with E-state index < -0.39 is 42.9 Å². The molecule has 5 N–H and O–H groups in total. The van der Waals surface area contributed by atoms with Crippen LogP contribution in [0.15, 0.2) is 0 Å². The molecular formula is C8H13N3O6. The zero-order chi connectivity index (χ0) is 13.4. The molecule has 0 radical (unpaired) electrons. The van der Waals surface area contributed by atoms with Crippen LogP contribution in [0.4, 0.5) is 4.79 Å². The van der Waals surface area contributed by atoms with Crippen LogP contribution in [0.25, 0.3) is 0 Å². The Morgan fingerprint density at radius 1 is 1.35 bits per heavy atom. The van der Waals surface area contributed by atoms with Gasteiger partial charge in [-0.1, -0.05) is 0 Å². The van der Waals surface area contributed by atoms with Crippen LogP contribution in [0.2, 0.25) is 0 Å². The van der Waals surface area contributed by atoms with Gasteiger partial charge in [0.15, 0.2) is 0 Å². The van der Waals surface area contributed by atoms with Gasteiger partial charge < -0.3 is 26.2 Å². The Kier molecular flexibility index (Phi) is 6.08. The van der Waals surface area contributed by atoms with Gasteiger partial charge in [0, 0.05) is 0 Å². The van der Waals surface area contributed by atoms with Crippen molar-refractivity contribution >= 4 is 23.9 Å². The lowest BCUT2D eigenvalue weighted by molar-refractivity contribution is -0.140. The maximum atomic E-state index is 11.1. The minimum absolute atomic E-state index is 0.411. The van der Waals surface area contributed by atoms with Crippen molar-refractivity contribution in [2.45, 2.75) is 12.5 Å². The van der Waals surface area contributed by atoms with Gasteiger partial charge in [0.2, 0.25) is 5.91 Å². The number of carboxylic acids is 1. The van der Waals surface area contributed by atoms with E-state index in [0.717, 1.165) is 7.11 Å². The first-order valence-electron chi connectivity index (χ1n) is 4.49. The number of carboxylic acid groups (broad SMARTS) is 1. The molecule has 0 aliphatic heterocycles. The maximum Gasteiger partial charge on any atom is 0.326 e. The summed E-state index contributed by atoms with van der Waals surface area (Å²) in [5.74, 6) is -2.97. The molecule has 0 aliphatic carbocycles. The normalized spacial score (nSPS) is 11.1. The van der Waals surface area contributed by atoms with E-state index in [1.54, 1.807) is 0 Å². The third-order valence-corrected chi connectivity index (χ3v) is 1.63. The second-order valence-corrected chi connectivity index (χ2v) is 2.96. The molecule has 17 heavy (non-hydrogen) atoms. The van der Waals surface area contributed by atoms with Crippen LogP contribution in [0.5, 0.6) is 0 Å². The molecule has 0 spiro atoms. The molecule has 0 aliphatic rings. The van der Waals surface area contributed by atoms with Gasteiger partial charge in [0.25, 0.3) is 0 Å². The number of methoxy groups -OCH3 is 1. The van der Waals surface area contributed by atoms with Crippen molar-refractivity contribution in [3.05, 3.63) is 0 Å². The molecule has 0 bridgehead atoms.